The average molecular weight is 393 g/mol. The van der Waals surface area contributed by atoms with Gasteiger partial charge in [-0.15, -0.1) is 6.58 Å². The minimum absolute atomic E-state index is 0.242. The SMILES string of the molecule is C=CCN(Cc1ccccc1)c1ccccc1NS(=O)(=O)c1ccc(C)cc1. The van der Waals surface area contributed by atoms with Crippen LogP contribution in [0.4, 0.5) is 11.4 Å². The largest absolute Gasteiger partial charge is 0.362 e. The first kappa shape index (κ1) is 19.7. The minimum atomic E-state index is -3.68. The predicted octanol–water partition coefficient (Wildman–Crippen LogP) is 4.99. The molecular weight excluding hydrogens is 368 g/mol. The molecule has 0 saturated heterocycles. The molecule has 0 radical (unpaired) electrons. The van der Waals surface area contributed by atoms with E-state index in [0.29, 0.717) is 18.8 Å². The van der Waals surface area contributed by atoms with E-state index in [2.05, 4.69) is 28.3 Å². The smallest absolute Gasteiger partial charge is 0.261 e. The van der Waals surface area contributed by atoms with Gasteiger partial charge in [0.25, 0.3) is 10.0 Å². The van der Waals surface area contributed by atoms with E-state index in [1.54, 1.807) is 30.3 Å². The van der Waals surface area contributed by atoms with Crippen molar-refractivity contribution in [2.24, 2.45) is 0 Å². The second-order valence-electron chi connectivity index (χ2n) is 6.59. The van der Waals surface area contributed by atoms with Gasteiger partial charge in [-0.25, -0.2) is 8.42 Å². The Morgan fingerprint density at radius 2 is 1.57 bits per heavy atom. The molecule has 1 N–H and O–H groups in total. The number of nitrogens with zero attached hydrogens (tertiary/aromatic N) is 1. The van der Waals surface area contributed by atoms with E-state index in [9.17, 15) is 8.42 Å². The molecule has 4 nitrogen and oxygen atoms in total. The van der Waals surface area contributed by atoms with E-state index >= 15 is 0 Å². The van der Waals surface area contributed by atoms with Crippen LogP contribution < -0.4 is 9.62 Å². The van der Waals surface area contributed by atoms with E-state index < -0.39 is 10.0 Å². The first-order valence-electron chi connectivity index (χ1n) is 9.08. The fraction of sp³-hybridized carbons (Fsp3) is 0.130. The van der Waals surface area contributed by atoms with Crippen LogP contribution in [-0.2, 0) is 16.6 Å². The molecule has 0 saturated carbocycles. The Labute approximate surface area is 167 Å². The van der Waals surface area contributed by atoms with Gasteiger partial charge in [-0.3, -0.25) is 4.72 Å². The summed E-state index contributed by atoms with van der Waals surface area (Å²) in [6, 6.07) is 24.3. The summed E-state index contributed by atoms with van der Waals surface area (Å²) in [5.74, 6) is 0. The van der Waals surface area contributed by atoms with E-state index in [1.165, 1.54) is 0 Å². The molecule has 5 heteroatoms. The van der Waals surface area contributed by atoms with Crippen LogP contribution in [-0.4, -0.2) is 15.0 Å². The van der Waals surface area contributed by atoms with Crippen molar-refractivity contribution < 1.29 is 8.42 Å². The Bertz CT molecular complexity index is 1030. The highest BCUT2D eigenvalue weighted by Gasteiger charge is 2.18. The normalized spacial score (nSPS) is 11.0. The molecule has 0 unspecified atom stereocenters. The summed E-state index contributed by atoms with van der Waals surface area (Å²) in [5.41, 5.74) is 3.50. The van der Waals surface area contributed by atoms with Crippen LogP contribution >= 0.6 is 0 Å². The van der Waals surface area contributed by atoms with Gasteiger partial charge in [-0.1, -0.05) is 66.2 Å². The fourth-order valence-electron chi connectivity index (χ4n) is 2.96. The number of sulfonamides is 1. The third kappa shape index (κ3) is 4.81. The molecule has 144 valence electrons. The zero-order valence-electron chi connectivity index (χ0n) is 15.9. The maximum absolute atomic E-state index is 12.9. The summed E-state index contributed by atoms with van der Waals surface area (Å²) < 4.78 is 28.5. The number of hydrogen-bond donors (Lipinski definition) is 1. The molecule has 0 aliphatic heterocycles. The van der Waals surface area contributed by atoms with Gasteiger partial charge in [0.15, 0.2) is 0 Å². The maximum Gasteiger partial charge on any atom is 0.261 e. The summed E-state index contributed by atoms with van der Waals surface area (Å²) in [5, 5.41) is 0. The van der Waals surface area contributed by atoms with Gasteiger partial charge >= 0.3 is 0 Å². The zero-order valence-corrected chi connectivity index (χ0v) is 16.7. The van der Waals surface area contributed by atoms with Crippen molar-refractivity contribution in [3.8, 4) is 0 Å². The fourth-order valence-corrected chi connectivity index (χ4v) is 4.04. The first-order valence-corrected chi connectivity index (χ1v) is 10.6. The molecule has 0 amide bonds. The molecule has 28 heavy (non-hydrogen) atoms. The predicted molar refractivity (Wildman–Crippen MR) is 116 cm³/mol. The van der Waals surface area contributed by atoms with E-state index in [-0.39, 0.29) is 4.90 Å². The molecule has 0 spiro atoms. The molecule has 0 atom stereocenters. The topological polar surface area (TPSA) is 49.4 Å². The zero-order chi connectivity index (χ0) is 20.0. The summed E-state index contributed by atoms with van der Waals surface area (Å²) in [7, 11) is -3.68. The maximum atomic E-state index is 12.9. The summed E-state index contributed by atoms with van der Waals surface area (Å²) >= 11 is 0. The van der Waals surface area contributed by atoms with Gasteiger partial charge in [-0.05, 0) is 36.8 Å². The van der Waals surface area contributed by atoms with Crippen LogP contribution in [0.1, 0.15) is 11.1 Å². The minimum Gasteiger partial charge on any atom is -0.362 e. The van der Waals surface area contributed by atoms with Crippen molar-refractivity contribution in [3.63, 3.8) is 0 Å². The van der Waals surface area contributed by atoms with Gasteiger partial charge < -0.3 is 4.90 Å². The Hall–Kier alpha value is -3.05. The number of rotatable bonds is 8. The van der Waals surface area contributed by atoms with Crippen molar-refractivity contribution in [1.29, 1.82) is 0 Å². The Morgan fingerprint density at radius 3 is 2.25 bits per heavy atom. The van der Waals surface area contributed by atoms with E-state index in [4.69, 9.17) is 0 Å². The molecule has 0 aliphatic carbocycles. The Kier molecular flexibility index (Phi) is 6.16. The van der Waals surface area contributed by atoms with Crippen molar-refractivity contribution in [2.45, 2.75) is 18.4 Å². The monoisotopic (exact) mass is 392 g/mol. The molecule has 0 aromatic heterocycles. The molecule has 0 heterocycles. The second kappa shape index (κ2) is 8.76. The Morgan fingerprint density at radius 1 is 0.929 bits per heavy atom. The van der Waals surface area contributed by atoms with Crippen molar-refractivity contribution in [2.75, 3.05) is 16.2 Å². The number of nitrogens with one attached hydrogen (secondary N) is 1. The third-order valence-corrected chi connectivity index (χ3v) is 5.77. The molecule has 0 fully saturated rings. The lowest BCUT2D eigenvalue weighted by molar-refractivity contribution is 0.601. The lowest BCUT2D eigenvalue weighted by atomic mass is 10.2. The third-order valence-electron chi connectivity index (χ3n) is 4.39. The van der Waals surface area contributed by atoms with Gasteiger partial charge in [0.1, 0.15) is 0 Å². The van der Waals surface area contributed by atoms with Gasteiger partial charge in [0.05, 0.1) is 16.3 Å². The Balaban J connectivity index is 1.92. The lowest BCUT2D eigenvalue weighted by Gasteiger charge is -2.26. The number of hydrogen-bond acceptors (Lipinski definition) is 3. The van der Waals surface area contributed by atoms with Crippen LogP contribution in [0.15, 0.2) is 96.4 Å². The number of para-hydroxylation sites is 2. The first-order chi connectivity index (χ1) is 13.5. The number of aryl methyl sites for hydroxylation is 1. The quantitative estimate of drug-likeness (QED) is 0.550. The van der Waals surface area contributed by atoms with Crippen LogP contribution in [0.5, 0.6) is 0 Å². The van der Waals surface area contributed by atoms with Crippen LogP contribution in [0, 0.1) is 6.92 Å². The van der Waals surface area contributed by atoms with Crippen molar-refractivity contribution in [1.82, 2.24) is 0 Å². The highest BCUT2D eigenvalue weighted by Crippen LogP contribution is 2.29. The van der Waals surface area contributed by atoms with E-state index in [0.717, 1.165) is 16.8 Å². The summed E-state index contributed by atoms with van der Waals surface area (Å²) in [4.78, 5) is 2.33. The van der Waals surface area contributed by atoms with Gasteiger partial charge in [0, 0.05) is 13.1 Å². The lowest BCUT2D eigenvalue weighted by Crippen LogP contribution is -2.24. The van der Waals surface area contributed by atoms with E-state index in [1.807, 2.05) is 49.4 Å². The second-order valence-corrected chi connectivity index (χ2v) is 8.27. The van der Waals surface area contributed by atoms with Gasteiger partial charge in [0.2, 0.25) is 0 Å². The highest BCUT2D eigenvalue weighted by molar-refractivity contribution is 7.92. The molecule has 0 aliphatic rings. The molecule has 3 aromatic rings. The molecular formula is C23H24N2O2S. The number of anilines is 2. The van der Waals surface area contributed by atoms with Crippen molar-refractivity contribution >= 4 is 21.4 Å². The van der Waals surface area contributed by atoms with Crippen LogP contribution in [0.25, 0.3) is 0 Å². The summed E-state index contributed by atoms with van der Waals surface area (Å²) in [6.07, 6.45) is 1.81. The molecule has 0 bridgehead atoms. The van der Waals surface area contributed by atoms with Crippen molar-refractivity contribution in [3.05, 3.63) is 103 Å². The summed E-state index contributed by atoms with van der Waals surface area (Å²) in [6.45, 7) is 7.02. The van der Waals surface area contributed by atoms with Crippen LogP contribution in [0.3, 0.4) is 0 Å². The average Bonchev–Trinajstić information content (AvgIpc) is 2.69. The van der Waals surface area contributed by atoms with Crippen LogP contribution in [0.2, 0.25) is 0 Å². The standard InChI is InChI=1S/C23H24N2O2S/c1-3-17-25(18-20-9-5-4-6-10-20)23-12-8-7-11-22(23)24-28(26,27)21-15-13-19(2)14-16-21/h3-16,24H,1,17-18H2,2H3. The molecule has 3 aromatic carbocycles. The number of benzene rings is 3. The molecule has 3 rings (SSSR count). The van der Waals surface area contributed by atoms with Gasteiger partial charge in [-0.2, -0.15) is 0 Å². The highest BCUT2D eigenvalue weighted by atomic mass is 32.2.